The smallest absolute Gasteiger partial charge is 0.216 e. The van der Waals surface area contributed by atoms with E-state index in [2.05, 4.69) is 22.9 Å². The number of rotatable bonds is 7. The zero-order valence-electron chi connectivity index (χ0n) is 20.5. The lowest BCUT2D eigenvalue weighted by atomic mass is 10.1. The summed E-state index contributed by atoms with van der Waals surface area (Å²) in [7, 11) is 3.28. The number of hydrogen-bond donors (Lipinski definition) is 2. The molecule has 0 bridgehead atoms. The number of thiocarbonyl (C=S) groups is 1. The number of anilines is 1. The van der Waals surface area contributed by atoms with Gasteiger partial charge in [-0.25, -0.2) is 5.01 Å². The molecule has 0 saturated carbocycles. The maximum absolute atomic E-state index is 6.67. The summed E-state index contributed by atoms with van der Waals surface area (Å²) in [5.74, 6) is 2.22. The van der Waals surface area contributed by atoms with Gasteiger partial charge in [-0.05, 0) is 48.6 Å². The second-order valence-corrected chi connectivity index (χ2v) is 8.70. The van der Waals surface area contributed by atoms with Gasteiger partial charge >= 0.3 is 0 Å². The minimum absolute atomic E-state index is 0.398. The van der Waals surface area contributed by atoms with Crippen LogP contribution in [0.15, 0.2) is 109 Å². The molecule has 5 rings (SSSR count). The number of benzene rings is 4. The highest BCUT2D eigenvalue weighted by molar-refractivity contribution is 7.80. The van der Waals surface area contributed by atoms with Crippen LogP contribution in [0.3, 0.4) is 0 Å². The monoisotopic (exact) mass is 509 g/mol. The van der Waals surface area contributed by atoms with E-state index in [0.717, 1.165) is 39.6 Å². The van der Waals surface area contributed by atoms with Crippen molar-refractivity contribution in [2.45, 2.75) is 6.23 Å². The molecule has 0 amide bonds. The van der Waals surface area contributed by atoms with Crippen LogP contribution in [0.2, 0.25) is 0 Å². The number of hydrazine groups is 1. The van der Waals surface area contributed by atoms with Crippen LogP contribution in [0.4, 0.5) is 5.69 Å². The largest absolute Gasteiger partial charge is 0.497 e. The number of para-hydroxylation sites is 2. The quantitative estimate of drug-likeness (QED) is 0.277. The summed E-state index contributed by atoms with van der Waals surface area (Å²) in [6, 6.07) is 35.7. The van der Waals surface area contributed by atoms with E-state index >= 15 is 0 Å². The van der Waals surface area contributed by atoms with Crippen LogP contribution in [-0.4, -0.2) is 24.3 Å². The molecule has 0 saturated heterocycles. The van der Waals surface area contributed by atoms with Gasteiger partial charge < -0.3 is 19.5 Å². The Bertz CT molecular complexity index is 1390. The third-order valence-electron chi connectivity index (χ3n) is 5.98. The molecule has 7 heteroatoms. The van der Waals surface area contributed by atoms with Gasteiger partial charge in [-0.3, -0.25) is 5.43 Å². The number of ether oxygens (including phenoxy) is 3. The topological polar surface area (TPSA) is 55.0 Å². The summed E-state index contributed by atoms with van der Waals surface area (Å²) >= 11 is 5.76. The zero-order chi connectivity index (χ0) is 25.6. The standard InChI is InChI=1S/C30H27N3O3S/c1-34-24-19-17-23(18-20-24)29-33(32-30(37)31-25-15-9-10-16-26(25)35-2)27(21-11-5-3-6-12-21)28(36-29)22-13-7-4-8-14-22/h3-20,29H,1-2H3,(H2,31,32,37). The molecule has 0 aliphatic carbocycles. The van der Waals surface area contributed by atoms with Crippen molar-refractivity contribution in [1.82, 2.24) is 10.4 Å². The van der Waals surface area contributed by atoms with Gasteiger partial charge in [-0.1, -0.05) is 72.8 Å². The number of nitrogens with one attached hydrogen (secondary N) is 2. The predicted molar refractivity (Wildman–Crippen MR) is 151 cm³/mol. The fraction of sp³-hybridized carbons (Fsp3) is 0.100. The molecule has 4 aromatic carbocycles. The Morgan fingerprint density at radius 3 is 2.03 bits per heavy atom. The molecule has 0 spiro atoms. The van der Waals surface area contributed by atoms with E-state index in [1.54, 1.807) is 14.2 Å². The fourth-order valence-electron chi connectivity index (χ4n) is 4.22. The summed E-state index contributed by atoms with van der Waals surface area (Å²) in [6.07, 6.45) is -0.492. The van der Waals surface area contributed by atoms with Gasteiger partial charge in [0, 0.05) is 16.7 Å². The van der Waals surface area contributed by atoms with Crippen molar-refractivity contribution in [1.29, 1.82) is 0 Å². The highest BCUT2D eigenvalue weighted by Crippen LogP contribution is 2.44. The Balaban J connectivity index is 1.57. The van der Waals surface area contributed by atoms with Crippen LogP contribution >= 0.6 is 12.2 Å². The Hall–Kier alpha value is -4.49. The third-order valence-corrected chi connectivity index (χ3v) is 6.17. The summed E-state index contributed by atoms with van der Waals surface area (Å²) in [6.45, 7) is 0. The summed E-state index contributed by atoms with van der Waals surface area (Å²) in [5, 5.41) is 5.62. The highest BCUT2D eigenvalue weighted by Gasteiger charge is 2.37. The van der Waals surface area contributed by atoms with E-state index in [4.69, 9.17) is 26.4 Å². The molecular weight excluding hydrogens is 482 g/mol. The molecule has 1 aliphatic heterocycles. The van der Waals surface area contributed by atoms with Gasteiger partial charge in [-0.2, -0.15) is 0 Å². The van der Waals surface area contributed by atoms with E-state index < -0.39 is 6.23 Å². The average Bonchev–Trinajstić information content (AvgIpc) is 3.33. The molecule has 6 nitrogen and oxygen atoms in total. The molecule has 1 unspecified atom stereocenters. The lowest BCUT2D eigenvalue weighted by Crippen LogP contribution is -2.43. The van der Waals surface area contributed by atoms with Crippen molar-refractivity contribution in [3.63, 3.8) is 0 Å². The second kappa shape index (κ2) is 11.1. The van der Waals surface area contributed by atoms with Crippen LogP contribution in [0, 0.1) is 0 Å². The Kier molecular flexibility index (Phi) is 7.23. The number of methoxy groups -OCH3 is 2. The van der Waals surface area contributed by atoms with Crippen LogP contribution in [0.1, 0.15) is 22.9 Å². The number of hydrogen-bond acceptors (Lipinski definition) is 5. The van der Waals surface area contributed by atoms with Crippen molar-refractivity contribution in [3.05, 3.63) is 126 Å². The Morgan fingerprint density at radius 1 is 0.757 bits per heavy atom. The van der Waals surface area contributed by atoms with Crippen LogP contribution < -0.4 is 20.2 Å². The molecule has 0 fully saturated rings. The van der Waals surface area contributed by atoms with Gasteiger partial charge in [0.2, 0.25) is 6.23 Å². The van der Waals surface area contributed by atoms with Gasteiger partial charge in [-0.15, -0.1) is 0 Å². The maximum Gasteiger partial charge on any atom is 0.216 e. The normalized spacial score (nSPS) is 14.6. The Labute approximate surface area is 222 Å². The van der Waals surface area contributed by atoms with Crippen molar-refractivity contribution in [2.75, 3.05) is 19.5 Å². The minimum atomic E-state index is -0.492. The number of nitrogens with zero attached hydrogens (tertiary/aromatic N) is 1. The molecule has 0 aromatic heterocycles. The summed E-state index contributed by atoms with van der Waals surface area (Å²) in [4.78, 5) is 0. The maximum atomic E-state index is 6.67. The van der Waals surface area contributed by atoms with Crippen molar-refractivity contribution in [2.24, 2.45) is 0 Å². The van der Waals surface area contributed by atoms with Gasteiger partial charge in [0.1, 0.15) is 17.2 Å². The predicted octanol–water partition coefficient (Wildman–Crippen LogP) is 6.46. The first-order valence-electron chi connectivity index (χ1n) is 11.8. The fourth-order valence-corrected chi connectivity index (χ4v) is 4.42. The zero-order valence-corrected chi connectivity index (χ0v) is 21.4. The van der Waals surface area contributed by atoms with Gasteiger partial charge in [0.25, 0.3) is 0 Å². The molecule has 4 aromatic rings. The lowest BCUT2D eigenvalue weighted by Gasteiger charge is -2.29. The molecule has 0 radical (unpaired) electrons. The summed E-state index contributed by atoms with van der Waals surface area (Å²) in [5.41, 5.74) is 7.92. The highest BCUT2D eigenvalue weighted by atomic mass is 32.1. The van der Waals surface area contributed by atoms with E-state index in [9.17, 15) is 0 Å². The summed E-state index contributed by atoms with van der Waals surface area (Å²) < 4.78 is 17.5. The first kappa shape index (κ1) is 24.2. The minimum Gasteiger partial charge on any atom is -0.497 e. The molecule has 186 valence electrons. The van der Waals surface area contributed by atoms with Crippen LogP contribution in [-0.2, 0) is 4.74 Å². The lowest BCUT2D eigenvalue weighted by molar-refractivity contribution is 0.0564. The molecule has 37 heavy (non-hydrogen) atoms. The van der Waals surface area contributed by atoms with Crippen LogP contribution in [0.25, 0.3) is 11.5 Å². The first-order valence-corrected chi connectivity index (χ1v) is 12.2. The SMILES string of the molecule is COc1ccc(C2OC(c3ccccc3)=C(c3ccccc3)N2NC(=S)Nc2ccccc2OC)cc1. The molecule has 2 N–H and O–H groups in total. The van der Waals surface area contributed by atoms with E-state index in [0.29, 0.717) is 10.9 Å². The molecule has 1 heterocycles. The molecular formula is C30H27N3O3S. The second-order valence-electron chi connectivity index (χ2n) is 8.29. The van der Waals surface area contributed by atoms with E-state index in [1.807, 2.05) is 102 Å². The molecule has 1 aliphatic rings. The average molecular weight is 510 g/mol. The third kappa shape index (κ3) is 5.22. The van der Waals surface area contributed by atoms with Crippen molar-refractivity contribution < 1.29 is 14.2 Å². The molecule has 1 atom stereocenters. The van der Waals surface area contributed by atoms with Crippen molar-refractivity contribution >= 4 is 34.5 Å². The van der Waals surface area contributed by atoms with Gasteiger partial charge in [0.15, 0.2) is 10.9 Å². The van der Waals surface area contributed by atoms with Crippen molar-refractivity contribution in [3.8, 4) is 11.5 Å². The van der Waals surface area contributed by atoms with Gasteiger partial charge in [0.05, 0.1) is 19.9 Å². The first-order chi connectivity index (χ1) is 18.2. The van der Waals surface area contributed by atoms with E-state index in [1.165, 1.54) is 0 Å². The van der Waals surface area contributed by atoms with Crippen LogP contribution in [0.5, 0.6) is 11.5 Å². The van der Waals surface area contributed by atoms with E-state index in [-0.39, 0.29) is 0 Å². The Morgan fingerprint density at radius 2 is 1.38 bits per heavy atom.